The minimum Gasteiger partial charge on any atom is -0.493 e. The normalized spacial score (nSPS) is 16.2. The molecule has 0 spiro atoms. The molecular weight excluding hydrogens is 323 g/mol. The molecule has 2 aliphatic rings. The molecule has 1 fully saturated rings. The van der Waals surface area contributed by atoms with E-state index >= 15 is 0 Å². The summed E-state index contributed by atoms with van der Waals surface area (Å²) in [4.78, 5) is 11.7. The van der Waals surface area contributed by atoms with E-state index in [9.17, 15) is 14.3 Å². The molecule has 0 saturated heterocycles. The van der Waals surface area contributed by atoms with Crippen molar-refractivity contribution in [3.05, 3.63) is 65.0 Å². The molecule has 1 aliphatic heterocycles. The van der Waals surface area contributed by atoms with Gasteiger partial charge in [0, 0.05) is 11.1 Å². The highest BCUT2D eigenvalue weighted by atomic mass is 19.1. The fourth-order valence-electron chi connectivity index (χ4n) is 2.92. The maximum Gasteiger partial charge on any atom is 0.335 e. The highest BCUT2D eigenvalue weighted by Gasteiger charge is 2.27. The van der Waals surface area contributed by atoms with E-state index in [1.807, 2.05) is 6.07 Å². The minimum atomic E-state index is -1.05. The van der Waals surface area contributed by atoms with Gasteiger partial charge in [0.15, 0.2) is 0 Å². The Morgan fingerprint density at radius 2 is 1.96 bits per heavy atom. The van der Waals surface area contributed by atoms with Gasteiger partial charge in [0.05, 0.1) is 12.2 Å². The fraction of sp³-hybridized carbons (Fsp3) is 0.250. The van der Waals surface area contributed by atoms with Crippen LogP contribution in [0.3, 0.4) is 0 Å². The summed E-state index contributed by atoms with van der Waals surface area (Å²) in [6.07, 6.45) is 2.38. The molecule has 0 radical (unpaired) electrons. The van der Waals surface area contributed by atoms with Gasteiger partial charge in [0.2, 0.25) is 0 Å². The van der Waals surface area contributed by atoms with Gasteiger partial charge in [-0.3, -0.25) is 0 Å². The number of carbonyl (C=O) groups is 1. The van der Waals surface area contributed by atoms with Crippen LogP contribution in [0.25, 0.3) is 5.57 Å². The van der Waals surface area contributed by atoms with Gasteiger partial charge in [0.25, 0.3) is 0 Å². The summed E-state index contributed by atoms with van der Waals surface area (Å²) in [5.41, 5.74) is 2.00. The van der Waals surface area contributed by atoms with E-state index in [-0.39, 0.29) is 18.0 Å². The van der Waals surface area contributed by atoms with Gasteiger partial charge in [-0.15, -0.1) is 0 Å². The lowest BCUT2D eigenvalue weighted by molar-refractivity contribution is -0.133. The van der Waals surface area contributed by atoms with E-state index in [2.05, 4.69) is 0 Å². The van der Waals surface area contributed by atoms with Crippen LogP contribution in [0.5, 0.6) is 11.5 Å². The smallest absolute Gasteiger partial charge is 0.335 e. The maximum absolute atomic E-state index is 13.3. The number of fused-ring (bicyclic) bond motifs is 1. The first-order chi connectivity index (χ1) is 12.1. The Labute approximate surface area is 144 Å². The SMILES string of the molecule is O=C(O)C1=C(c2ccc(F)cc2)c2cc(OCC3CC3)ccc2OC1. The van der Waals surface area contributed by atoms with Crippen LogP contribution in [0, 0.1) is 11.7 Å². The topological polar surface area (TPSA) is 55.8 Å². The van der Waals surface area contributed by atoms with E-state index in [1.165, 1.54) is 25.0 Å². The number of halogens is 1. The summed E-state index contributed by atoms with van der Waals surface area (Å²) < 4.78 is 24.7. The number of benzene rings is 2. The van der Waals surface area contributed by atoms with Gasteiger partial charge in [-0.1, -0.05) is 12.1 Å². The number of carboxylic acid groups (broad SMARTS) is 1. The van der Waals surface area contributed by atoms with Crippen molar-refractivity contribution in [2.45, 2.75) is 12.8 Å². The molecule has 0 atom stereocenters. The molecule has 0 aromatic heterocycles. The average molecular weight is 340 g/mol. The lowest BCUT2D eigenvalue weighted by atomic mass is 9.90. The number of aliphatic carboxylic acids is 1. The first-order valence-corrected chi connectivity index (χ1v) is 8.24. The molecule has 1 heterocycles. The van der Waals surface area contributed by atoms with Gasteiger partial charge in [-0.25, -0.2) is 9.18 Å². The molecular formula is C20H17FO4. The number of ether oxygens (including phenoxy) is 2. The molecule has 1 N–H and O–H groups in total. The van der Waals surface area contributed by atoms with Crippen LogP contribution < -0.4 is 9.47 Å². The summed E-state index contributed by atoms with van der Waals surface area (Å²) in [5.74, 6) is 0.488. The zero-order chi connectivity index (χ0) is 17.4. The first kappa shape index (κ1) is 15.7. The van der Waals surface area contributed by atoms with Crippen LogP contribution in [0.4, 0.5) is 4.39 Å². The Hall–Kier alpha value is -2.82. The van der Waals surface area contributed by atoms with Gasteiger partial charge in [-0.2, -0.15) is 0 Å². The fourth-order valence-corrected chi connectivity index (χ4v) is 2.92. The van der Waals surface area contributed by atoms with Crippen LogP contribution >= 0.6 is 0 Å². The summed E-state index contributed by atoms with van der Waals surface area (Å²) in [5, 5.41) is 9.56. The Bertz CT molecular complexity index is 850. The molecule has 5 heteroatoms. The van der Waals surface area contributed by atoms with Gasteiger partial charge < -0.3 is 14.6 Å². The van der Waals surface area contributed by atoms with E-state index < -0.39 is 5.97 Å². The summed E-state index contributed by atoms with van der Waals surface area (Å²) >= 11 is 0. The summed E-state index contributed by atoms with van der Waals surface area (Å²) in [6.45, 7) is 0.637. The molecule has 0 amide bonds. The van der Waals surface area contributed by atoms with Crippen molar-refractivity contribution >= 4 is 11.5 Å². The number of carboxylic acids is 1. The van der Waals surface area contributed by atoms with Crippen molar-refractivity contribution in [3.8, 4) is 11.5 Å². The van der Waals surface area contributed by atoms with Gasteiger partial charge in [-0.05, 0) is 54.7 Å². The molecule has 2 aromatic carbocycles. The highest BCUT2D eigenvalue weighted by molar-refractivity contribution is 6.03. The van der Waals surface area contributed by atoms with E-state index in [0.717, 1.165) is 0 Å². The van der Waals surface area contributed by atoms with E-state index in [4.69, 9.17) is 9.47 Å². The van der Waals surface area contributed by atoms with Crippen molar-refractivity contribution in [1.82, 2.24) is 0 Å². The minimum absolute atomic E-state index is 0.0304. The molecule has 25 heavy (non-hydrogen) atoms. The second-order valence-corrected chi connectivity index (χ2v) is 6.37. The molecule has 4 rings (SSSR count). The van der Waals surface area contributed by atoms with Crippen LogP contribution in [0.2, 0.25) is 0 Å². The molecule has 1 aliphatic carbocycles. The molecule has 0 unspecified atom stereocenters. The van der Waals surface area contributed by atoms with E-state index in [0.29, 0.717) is 40.7 Å². The van der Waals surface area contributed by atoms with Crippen molar-refractivity contribution in [2.75, 3.05) is 13.2 Å². The highest BCUT2D eigenvalue weighted by Crippen LogP contribution is 2.40. The van der Waals surface area contributed by atoms with Crippen molar-refractivity contribution in [1.29, 1.82) is 0 Å². The van der Waals surface area contributed by atoms with Crippen molar-refractivity contribution in [3.63, 3.8) is 0 Å². The lowest BCUT2D eigenvalue weighted by Gasteiger charge is -2.23. The second kappa shape index (κ2) is 6.24. The van der Waals surface area contributed by atoms with E-state index in [1.54, 1.807) is 24.3 Å². The quantitative estimate of drug-likeness (QED) is 0.897. The van der Waals surface area contributed by atoms with Crippen LogP contribution in [0.15, 0.2) is 48.0 Å². The monoisotopic (exact) mass is 340 g/mol. The Kier molecular flexibility index (Phi) is 3.92. The zero-order valence-corrected chi connectivity index (χ0v) is 13.5. The molecule has 128 valence electrons. The Morgan fingerprint density at radius 3 is 2.64 bits per heavy atom. The second-order valence-electron chi connectivity index (χ2n) is 6.37. The third kappa shape index (κ3) is 3.22. The predicted molar refractivity (Wildman–Crippen MR) is 90.2 cm³/mol. The van der Waals surface area contributed by atoms with Crippen LogP contribution in [0.1, 0.15) is 24.0 Å². The predicted octanol–water partition coefficient (Wildman–Crippen LogP) is 3.89. The first-order valence-electron chi connectivity index (χ1n) is 8.24. The van der Waals surface area contributed by atoms with Crippen molar-refractivity contribution < 1.29 is 23.8 Å². The number of hydrogen-bond acceptors (Lipinski definition) is 3. The Morgan fingerprint density at radius 1 is 1.20 bits per heavy atom. The van der Waals surface area contributed by atoms with Gasteiger partial charge >= 0.3 is 5.97 Å². The molecule has 4 nitrogen and oxygen atoms in total. The zero-order valence-electron chi connectivity index (χ0n) is 13.5. The number of rotatable bonds is 5. The largest absolute Gasteiger partial charge is 0.493 e. The third-order valence-corrected chi connectivity index (χ3v) is 4.47. The standard InChI is InChI=1S/C20H17FO4/c21-14-5-3-13(4-6-14)19-16-9-15(24-10-12-1-2-12)7-8-18(16)25-11-17(19)20(22)23/h3-9,12H,1-2,10-11H2,(H,22,23). The number of hydrogen-bond donors (Lipinski definition) is 1. The average Bonchev–Trinajstić information content (AvgIpc) is 3.44. The van der Waals surface area contributed by atoms with Crippen molar-refractivity contribution in [2.24, 2.45) is 5.92 Å². The molecule has 0 bridgehead atoms. The maximum atomic E-state index is 13.3. The Balaban J connectivity index is 1.78. The van der Waals surface area contributed by atoms with Crippen LogP contribution in [-0.4, -0.2) is 24.3 Å². The molecule has 2 aromatic rings. The summed E-state index contributed by atoms with van der Waals surface area (Å²) in [7, 11) is 0. The van der Waals surface area contributed by atoms with Crippen LogP contribution in [-0.2, 0) is 4.79 Å². The summed E-state index contributed by atoms with van der Waals surface area (Å²) in [6, 6.07) is 11.2. The molecule has 1 saturated carbocycles. The lowest BCUT2D eigenvalue weighted by Crippen LogP contribution is -2.18. The van der Waals surface area contributed by atoms with Gasteiger partial charge in [0.1, 0.15) is 23.9 Å². The third-order valence-electron chi connectivity index (χ3n) is 4.47.